The molecule has 0 spiro atoms. The molecule has 0 bridgehead atoms. The summed E-state index contributed by atoms with van der Waals surface area (Å²) in [5, 5.41) is 14.8. The maximum absolute atomic E-state index is 12.1. The Labute approximate surface area is 151 Å². The Balaban J connectivity index is 2.08. The van der Waals surface area contributed by atoms with Crippen molar-refractivity contribution >= 4 is 17.2 Å². The molecule has 0 aliphatic carbocycles. The van der Waals surface area contributed by atoms with Gasteiger partial charge in [0.2, 0.25) is 5.91 Å². The molecule has 1 aromatic heterocycles. The number of benzene rings is 1. The standard InChI is InChI=1S/C18H24N2O4S/c1-11(2)14(9-21)20-17(22)8-13-10-25-18(19-13)12-5-6-15(23-3)16(7-12)24-4/h5-7,10-11,14,21H,8-9H2,1-4H3,(H,20,22)/t14-/m1/s1. The summed E-state index contributed by atoms with van der Waals surface area (Å²) >= 11 is 1.47. The third-order valence-electron chi connectivity index (χ3n) is 3.87. The second-order valence-corrected chi connectivity index (χ2v) is 6.85. The number of aliphatic hydroxyl groups is 1. The Morgan fingerprint density at radius 2 is 2.00 bits per heavy atom. The van der Waals surface area contributed by atoms with E-state index >= 15 is 0 Å². The summed E-state index contributed by atoms with van der Waals surface area (Å²) in [4.78, 5) is 16.6. The third kappa shape index (κ3) is 4.93. The van der Waals surface area contributed by atoms with E-state index in [1.165, 1.54) is 11.3 Å². The lowest BCUT2D eigenvalue weighted by atomic mass is 10.1. The highest BCUT2D eigenvalue weighted by atomic mass is 32.1. The van der Waals surface area contributed by atoms with E-state index in [1.807, 2.05) is 37.4 Å². The van der Waals surface area contributed by atoms with Crippen LogP contribution in [0.1, 0.15) is 19.5 Å². The zero-order valence-electron chi connectivity index (χ0n) is 14.9. The van der Waals surface area contributed by atoms with E-state index in [-0.39, 0.29) is 30.9 Å². The number of nitrogens with zero attached hydrogens (tertiary/aromatic N) is 1. The monoisotopic (exact) mass is 364 g/mol. The van der Waals surface area contributed by atoms with Gasteiger partial charge in [-0.2, -0.15) is 0 Å². The number of amides is 1. The van der Waals surface area contributed by atoms with Crippen LogP contribution < -0.4 is 14.8 Å². The van der Waals surface area contributed by atoms with Crippen molar-refractivity contribution in [3.8, 4) is 22.1 Å². The fourth-order valence-corrected chi connectivity index (χ4v) is 3.15. The van der Waals surface area contributed by atoms with Crippen molar-refractivity contribution in [2.45, 2.75) is 26.3 Å². The van der Waals surface area contributed by atoms with Crippen LogP contribution in [-0.2, 0) is 11.2 Å². The smallest absolute Gasteiger partial charge is 0.226 e. The van der Waals surface area contributed by atoms with E-state index in [2.05, 4.69) is 10.3 Å². The number of carbonyl (C=O) groups is 1. The van der Waals surface area contributed by atoms with Crippen LogP contribution in [0.4, 0.5) is 0 Å². The quantitative estimate of drug-likeness (QED) is 0.752. The number of nitrogens with one attached hydrogen (secondary N) is 1. The Morgan fingerprint density at radius 1 is 1.28 bits per heavy atom. The van der Waals surface area contributed by atoms with E-state index in [4.69, 9.17) is 9.47 Å². The van der Waals surface area contributed by atoms with Crippen LogP contribution in [0.5, 0.6) is 11.5 Å². The summed E-state index contributed by atoms with van der Waals surface area (Å²) in [6.45, 7) is 3.84. The fraction of sp³-hybridized carbons (Fsp3) is 0.444. The molecule has 1 amide bonds. The van der Waals surface area contributed by atoms with Crippen molar-refractivity contribution < 1.29 is 19.4 Å². The summed E-state index contributed by atoms with van der Waals surface area (Å²) in [6, 6.07) is 5.36. The first-order chi connectivity index (χ1) is 12.0. The Kier molecular flexibility index (Phi) is 6.78. The van der Waals surface area contributed by atoms with Crippen LogP contribution in [0, 0.1) is 5.92 Å². The molecule has 1 aromatic carbocycles. The number of hydrogen-bond donors (Lipinski definition) is 2. The number of carbonyl (C=O) groups excluding carboxylic acids is 1. The van der Waals surface area contributed by atoms with Gasteiger partial charge in [-0.1, -0.05) is 13.8 Å². The first-order valence-corrected chi connectivity index (χ1v) is 8.93. The average molecular weight is 364 g/mol. The fourth-order valence-electron chi connectivity index (χ4n) is 2.34. The minimum atomic E-state index is -0.239. The molecule has 7 heteroatoms. The van der Waals surface area contributed by atoms with E-state index in [1.54, 1.807) is 14.2 Å². The highest BCUT2D eigenvalue weighted by Gasteiger charge is 2.16. The van der Waals surface area contributed by atoms with Crippen LogP contribution in [0.2, 0.25) is 0 Å². The molecule has 136 valence electrons. The van der Waals surface area contributed by atoms with Gasteiger partial charge in [0.15, 0.2) is 11.5 Å². The number of methoxy groups -OCH3 is 2. The van der Waals surface area contributed by atoms with Gasteiger partial charge in [-0.3, -0.25) is 4.79 Å². The second-order valence-electron chi connectivity index (χ2n) is 5.99. The Morgan fingerprint density at radius 3 is 2.60 bits per heavy atom. The minimum absolute atomic E-state index is 0.0721. The summed E-state index contributed by atoms with van der Waals surface area (Å²) in [5.74, 6) is 1.33. The molecular formula is C18H24N2O4S. The van der Waals surface area contributed by atoms with Crippen LogP contribution in [0.3, 0.4) is 0 Å². The number of ether oxygens (including phenoxy) is 2. The van der Waals surface area contributed by atoms with Crippen LogP contribution in [0.25, 0.3) is 10.6 Å². The van der Waals surface area contributed by atoms with Crippen molar-refractivity contribution in [3.05, 3.63) is 29.3 Å². The molecule has 1 heterocycles. The van der Waals surface area contributed by atoms with Gasteiger partial charge in [0.25, 0.3) is 0 Å². The zero-order chi connectivity index (χ0) is 18.4. The normalized spacial score (nSPS) is 12.1. The molecular weight excluding hydrogens is 340 g/mol. The van der Waals surface area contributed by atoms with Crippen molar-refractivity contribution in [1.82, 2.24) is 10.3 Å². The summed E-state index contributed by atoms with van der Waals surface area (Å²) < 4.78 is 10.5. The first kappa shape index (κ1) is 19.2. The topological polar surface area (TPSA) is 80.7 Å². The molecule has 0 aliphatic rings. The van der Waals surface area contributed by atoms with Crippen molar-refractivity contribution in [2.24, 2.45) is 5.92 Å². The van der Waals surface area contributed by atoms with Crippen LogP contribution in [-0.4, -0.2) is 42.9 Å². The predicted octanol–water partition coefficient (Wildman–Crippen LogP) is 2.50. The van der Waals surface area contributed by atoms with Gasteiger partial charge in [-0.05, 0) is 24.1 Å². The molecule has 0 fully saturated rings. The number of aliphatic hydroxyl groups excluding tert-OH is 1. The van der Waals surface area contributed by atoms with Gasteiger partial charge >= 0.3 is 0 Å². The summed E-state index contributed by atoms with van der Waals surface area (Å²) in [7, 11) is 3.18. The highest BCUT2D eigenvalue weighted by Crippen LogP contribution is 2.33. The Hall–Kier alpha value is -2.12. The molecule has 2 N–H and O–H groups in total. The van der Waals surface area contributed by atoms with Crippen LogP contribution in [0.15, 0.2) is 23.6 Å². The SMILES string of the molecule is COc1ccc(-c2nc(CC(=O)N[C@H](CO)C(C)C)cs2)cc1OC. The molecule has 0 saturated heterocycles. The lowest BCUT2D eigenvalue weighted by molar-refractivity contribution is -0.121. The lowest BCUT2D eigenvalue weighted by Gasteiger charge is -2.19. The van der Waals surface area contributed by atoms with Crippen molar-refractivity contribution in [1.29, 1.82) is 0 Å². The molecule has 2 rings (SSSR count). The molecule has 6 nitrogen and oxygen atoms in total. The molecule has 0 unspecified atom stereocenters. The molecule has 2 aromatic rings. The number of rotatable bonds is 8. The van der Waals surface area contributed by atoms with E-state index in [0.717, 1.165) is 10.6 Å². The maximum atomic E-state index is 12.1. The molecule has 25 heavy (non-hydrogen) atoms. The lowest BCUT2D eigenvalue weighted by Crippen LogP contribution is -2.41. The molecule has 1 atom stereocenters. The van der Waals surface area contributed by atoms with Gasteiger partial charge in [-0.25, -0.2) is 4.98 Å². The number of aromatic nitrogens is 1. The van der Waals surface area contributed by atoms with Gasteiger partial charge < -0.3 is 19.9 Å². The number of thiazole rings is 1. The largest absolute Gasteiger partial charge is 0.493 e. The van der Waals surface area contributed by atoms with Gasteiger partial charge in [-0.15, -0.1) is 11.3 Å². The molecule has 0 saturated carbocycles. The summed E-state index contributed by atoms with van der Waals surface area (Å²) in [5.41, 5.74) is 1.61. The maximum Gasteiger partial charge on any atom is 0.226 e. The minimum Gasteiger partial charge on any atom is -0.493 e. The van der Waals surface area contributed by atoms with E-state index in [9.17, 15) is 9.90 Å². The summed E-state index contributed by atoms with van der Waals surface area (Å²) in [6.07, 6.45) is 0.188. The average Bonchev–Trinajstić information content (AvgIpc) is 3.07. The van der Waals surface area contributed by atoms with Crippen LogP contribution >= 0.6 is 11.3 Å². The predicted molar refractivity (Wildman–Crippen MR) is 98.2 cm³/mol. The van der Waals surface area contributed by atoms with Gasteiger partial charge in [0.1, 0.15) is 5.01 Å². The zero-order valence-corrected chi connectivity index (χ0v) is 15.7. The number of hydrogen-bond acceptors (Lipinski definition) is 6. The van der Waals surface area contributed by atoms with Crippen molar-refractivity contribution in [3.63, 3.8) is 0 Å². The third-order valence-corrected chi connectivity index (χ3v) is 4.81. The van der Waals surface area contributed by atoms with Crippen molar-refractivity contribution in [2.75, 3.05) is 20.8 Å². The van der Waals surface area contributed by atoms with E-state index in [0.29, 0.717) is 17.2 Å². The highest BCUT2D eigenvalue weighted by molar-refractivity contribution is 7.13. The molecule has 0 aliphatic heterocycles. The van der Waals surface area contributed by atoms with E-state index < -0.39 is 0 Å². The van der Waals surface area contributed by atoms with Gasteiger partial charge in [0, 0.05) is 10.9 Å². The molecule has 0 radical (unpaired) electrons. The Bertz CT molecular complexity index is 715. The second kappa shape index (κ2) is 8.82. The van der Waals surface area contributed by atoms with Gasteiger partial charge in [0.05, 0.1) is 39.0 Å². The first-order valence-electron chi connectivity index (χ1n) is 8.05.